The predicted octanol–water partition coefficient (Wildman–Crippen LogP) is 2.07. The average molecular weight is 257 g/mol. The number of nitrogens with one attached hydrogen (secondary N) is 1. The highest BCUT2D eigenvalue weighted by Crippen LogP contribution is 2.40. The maximum absolute atomic E-state index is 6.14. The van der Waals surface area contributed by atoms with E-state index >= 15 is 0 Å². The van der Waals surface area contributed by atoms with Gasteiger partial charge in [0, 0.05) is 12.6 Å². The molecule has 0 saturated carbocycles. The van der Waals surface area contributed by atoms with Crippen LogP contribution in [0.1, 0.15) is 24.9 Å². The van der Waals surface area contributed by atoms with Gasteiger partial charge in [0.25, 0.3) is 0 Å². The molecular weight excluding hydrogens is 240 g/mol. The molecule has 4 nitrogen and oxygen atoms in total. The topological polar surface area (TPSA) is 56.5 Å². The fraction of sp³-hybridized carbons (Fsp3) is 0.500. The van der Waals surface area contributed by atoms with E-state index in [1.165, 1.54) is 0 Å². The van der Waals surface area contributed by atoms with E-state index in [-0.39, 0.29) is 12.8 Å². The van der Waals surface area contributed by atoms with Gasteiger partial charge in [0.05, 0.1) is 5.02 Å². The van der Waals surface area contributed by atoms with Crippen LogP contribution < -0.4 is 20.5 Å². The lowest BCUT2D eigenvalue weighted by atomic mass is 10.1. The van der Waals surface area contributed by atoms with E-state index in [0.717, 1.165) is 18.5 Å². The van der Waals surface area contributed by atoms with Gasteiger partial charge in [-0.05, 0) is 30.7 Å². The summed E-state index contributed by atoms with van der Waals surface area (Å²) in [5.41, 5.74) is 6.80. The van der Waals surface area contributed by atoms with E-state index in [9.17, 15) is 0 Å². The fourth-order valence-electron chi connectivity index (χ4n) is 1.84. The summed E-state index contributed by atoms with van der Waals surface area (Å²) in [6.45, 7) is 3.80. The second kappa shape index (κ2) is 5.58. The van der Waals surface area contributed by atoms with Gasteiger partial charge < -0.3 is 20.5 Å². The molecule has 0 aromatic heterocycles. The first-order valence-corrected chi connectivity index (χ1v) is 6.16. The third-order valence-corrected chi connectivity index (χ3v) is 3.01. The van der Waals surface area contributed by atoms with Crippen LogP contribution in [0.5, 0.6) is 11.5 Å². The summed E-state index contributed by atoms with van der Waals surface area (Å²) in [7, 11) is 0. The molecule has 17 heavy (non-hydrogen) atoms. The van der Waals surface area contributed by atoms with E-state index in [4.69, 9.17) is 26.8 Å². The smallest absolute Gasteiger partial charge is 0.231 e. The fourth-order valence-corrected chi connectivity index (χ4v) is 2.12. The molecule has 1 aliphatic rings. The van der Waals surface area contributed by atoms with Crippen LogP contribution in [-0.2, 0) is 0 Å². The summed E-state index contributed by atoms with van der Waals surface area (Å²) in [6.07, 6.45) is 1.06. The first-order valence-electron chi connectivity index (χ1n) is 5.78. The number of fused-ring (bicyclic) bond motifs is 1. The van der Waals surface area contributed by atoms with Crippen molar-refractivity contribution < 1.29 is 9.47 Å². The van der Waals surface area contributed by atoms with Crippen LogP contribution in [0, 0.1) is 0 Å². The molecule has 1 aliphatic heterocycles. The molecule has 5 heteroatoms. The van der Waals surface area contributed by atoms with Gasteiger partial charge in [-0.2, -0.15) is 0 Å². The molecule has 1 aromatic carbocycles. The highest BCUT2D eigenvalue weighted by atomic mass is 35.5. The molecular formula is C12H17ClN2O2. The SMILES string of the molecule is CCCNC(CN)c1cc(Cl)c2c(c1)OCO2. The zero-order valence-electron chi connectivity index (χ0n) is 9.83. The molecule has 0 fully saturated rings. The summed E-state index contributed by atoms with van der Waals surface area (Å²) < 4.78 is 10.6. The van der Waals surface area contributed by atoms with Crippen LogP contribution in [0.15, 0.2) is 12.1 Å². The zero-order valence-corrected chi connectivity index (χ0v) is 10.6. The van der Waals surface area contributed by atoms with Crippen molar-refractivity contribution in [1.82, 2.24) is 5.32 Å². The largest absolute Gasteiger partial charge is 0.454 e. The van der Waals surface area contributed by atoms with Crippen molar-refractivity contribution in [3.8, 4) is 11.5 Å². The second-order valence-electron chi connectivity index (χ2n) is 3.98. The lowest BCUT2D eigenvalue weighted by Gasteiger charge is -2.17. The molecule has 0 amide bonds. The highest BCUT2D eigenvalue weighted by molar-refractivity contribution is 6.32. The van der Waals surface area contributed by atoms with Gasteiger partial charge in [0.15, 0.2) is 11.5 Å². The average Bonchev–Trinajstić information content (AvgIpc) is 2.79. The van der Waals surface area contributed by atoms with E-state index in [0.29, 0.717) is 23.1 Å². The minimum atomic E-state index is 0.0990. The van der Waals surface area contributed by atoms with E-state index < -0.39 is 0 Å². The third kappa shape index (κ3) is 2.65. The number of halogens is 1. The van der Waals surface area contributed by atoms with Crippen molar-refractivity contribution in [3.63, 3.8) is 0 Å². The quantitative estimate of drug-likeness (QED) is 0.847. The van der Waals surface area contributed by atoms with Gasteiger partial charge in [-0.1, -0.05) is 18.5 Å². The molecule has 1 unspecified atom stereocenters. The highest BCUT2D eigenvalue weighted by Gasteiger charge is 2.20. The Morgan fingerprint density at radius 1 is 1.47 bits per heavy atom. The van der Waals surface area contributed by atoms with Gasteiger partial charge in [-0.3, -0.25) is 0 Å². The van der Waals surface area contributed by atoms with Crippen molar-refractivity contribution in [2.45, 2.75) is 19.4 Å². The number of benzene rings is 1. The van der Waals surface area contributed by atoms with Gasteiger partial charge in [-0.15, -0.1) is 0 Å². The molecule has 1 aromatic rings. The third-order valence-electron chi connectivity index (χ3n) is 2.73. The Morgan fingerprint density at radius 2 is 2.29 bits per heavy atom. The Hall–Kier alpha value is -0.970. The van der Waals surface area contributed by atoms with Crippen molar-refractivity contribution >= 4 is 11.6 Å². The molecule has 94 valence electrons. The minimum Gasteiger partial charge on any atom is -0.454 e. The molecule has 0 bridgehead atoms. The van der Waals surface area contributed by atoms with Gasteiger partial charge in [-0.25, -0.2) is 0 Å². The van der Waals surface area contributed by atoms with Crippen LogP contribution in [-0.4, -0.2) is 19.9 Å². The molecule has 0 aliphatic carbocycles. The van der Waals surface area contributed by atoms with E-state index in [2.05, 4.69) is 12.2 Å². The zero-order chi connectivity index (χ0) is 12.3. The lowest BCUT2D eigenvalue weighted by molar-refractivity contribution is 0.174. The molecule has 2 rings (SSSR count). The van der Waals surface area contributed by atoms with Gasteiger partial charge in [0.2, 0.25) is 6.79 Å². The van der Waals surface area contributed by atoms with Gasteiger partial charge >= 0.3 is 0 Å². The number of ether oxygens (including phenoxy) is 2. The molecule has 1 atom stereocenters. The van der Waals surface area contributed by atoms with Crippen LogP contribution in [0.3, 0.4) is 0 Å². The number of rotatable bonds is 5. The summed E-state index contributed by atoms with van der Waals surface area (Å²) in [6, 6.07) is 3.92. The normalized spacial score (nSPS) is 15.0. The van der Waals surface area contributed by atoms with Gasteiger partial charge in [0.1, 0.15) is 0 Å². The Morgan fingerprint density at radius 3 is 3.00 bits per heavy atom. The Bertz CT molecular complexity index is 398. The van der Waals surface area contributed by atoms with Crippen molar-refractivity contribution in [1.29, 1.82) is 0 Å². The number of nitrogens with two attached hydrogens (primary N) is 1. The minimum absolute atomic E-state index is 0.0990. The van der Waals surface area contributed by atoms with Crippen LogP contribution in [0.25, 0.3) is 0 Å². The van der Waals surface area contributed by atoms with Crippen molar-refractivity contribution in [2.75, 3.05) is 19.9 Å². The maximum Gasteiger partial charge on any atom is 0.231 e. The predicted molar refractivity (Wildman–Crippen MR) is 67.7 cm³/mol. The monoisotopic (exact) mass is 256 g/mol. The summed E-state index contributed by atoms with van der Waals surface area (Å²) in [5.74, 6) is 1.32. The van der Waals surface area contributed by atoms with Crippen LogP contribution in [0.2, 0.25) is 5.02 Å². The van der Waals surface area contributed by atoms with Crippen molar-refractivity contribution in [3.05, 3.63) is 22.7 Å². The molecule has 0 radical (unpaired) electrons. The first kappa shape index (κ1) is 12.5. The van der Waals surface area contributed by atoms with Crippen molar-refractivity contribution in [2.24, 2.45) is 5.73 Å². The molecule has 1 heterocycles. The number of hydrogen-bond donors (Lipinski definition) is 2. The van der Waals surface area contributed by atoms with Crippen LogP contribution >= 0.6 is 11.6 Å². The molecule has 0 saturated heterocycles. The molecule has 0 spiro atoms. The Balaban J connectivity index is 2.22. The summed E-state index contributed by atoms with van der Waals surface area (Å²) >= 11 is 6.14. The summed E-state index contributed by atoms with van der Waals surface area (Å²) in [5, 5.41) is 3.95. The Labute approximate surface area is 106 Å². The standard InChI is InChI=1S/C12H17ClN2O2/c1-2-3-15-10(6-14)8-4-9(13)12-11(5-8)16-7-17-12/h4-5,10,15H,2-3,6-7,14H2,1H3. The second-order valence-corrected chi connectivity index (χ2v) is 4.39. The van der Waals surface area contributed by atoms with E-state index in [1.54, 1.807) is 0 Å². The maximum atomic E-state index is 6.14. The Kier molecular flexibility index (Phi) is 4.10. The summed E-state index contributed by atoms with van der Waals surface area (Å²) in [4.78, 5) is 0. The number of hydrogen-bond acceptors (Lipinski definition) is 4. The first-order chi connectivity index (χ1) is 8.26. The van der Waals surface area contributed by atoms with Crippen LogP contribution in [0.4, 0.5) is 0 Å². The van der Waals surface area contributed by atoms with E-state index in [1.807, 2.05) is 12.1 Å². The lowest BCUT2D eigenvalue weighted by Crippen LogP contribution is -2.28. The molecule has 3 N–H and O–H groups in total.